The quantitative estimate of drug-likeness (QED) is 0.921. The Morgan fingerprint density at radius 3 is 2.96 bits per heavy atom. The van der Waals surface area contributed by atoms with Gasteiger partial charge in [-0.15, -0.1) is 11.3 Å². The minimum Gasteiger partial charge on any atom is -0.368 e. The third-order valence-electron chi connectivity index (χ3n) is 3.81. The van der Waals surface area contributed by atoms with Crippen LogP contribution in [-0.4, -0.2) is 46.7 Å². The summed E-state index contributed by atoms with van der Waals surface area (Å²) >= 11 is 1.60. The Morgan fingerprint density at radius 2 is 2.30 bits per heavy atom. The van der Waals surface area contributed by atoms with Gasteiger partial charge in [0.05, 0.1) is 18.3 Å². The SMILES string of the molecule is Cc1cc(NC(=O)[C@H](C)N2CCO[C@@H](c3nc(C)cs3)C2)on1. The number of aryl methyl sites for hydroxylation is 2. The first-order valence-electron chi connectivity index (χ1n) is 7.55. The number of morpholine rings is 1. The first-order chi connectivity index (χ1) is 11.0. The van der Waals surface area contributed by atoms with Gasteiger partial charge in [0.15, 0.2) is 0 Å². The van der Waals surface area contributed by atoms with E-state index < -0.39 is 0 Å². The number of nitrogens with one attached hydrogen (secondary N) is 1. The molecule has 1 N–H and O–H groups in total. The van der Waals surface area contributed by atoms with Crippen LogP contribution >= 0.6 is 11.3 Å². The lowest BCUT2D eigenvalue weighted by Crippen LogP contribution is -2.48. The molecule has 0 aliphatic carbocycles. The summed E-state index contributed by atoms with van der Waals surface area (Å²) < 4.78 is 10.8. The Labute approximate surface area is 138 Å². The minimum absolute atomic E-state index is 0.0785. The van der Waals surface area contributed by atoms with Gasteiger partial charge < -0.3 is 9.26 Å². The Hall–Kier alpha value is -1.77. The van der Waals surface area contributed by atoms with E-state index in [0.29, 0.717) is 25.6 Å². The molecule has 0 radical (unpaired) electrons. The largest absolute Gasteiger partial charge is 0.368 e. The van der Waals surface area contributed by atoms with Crippen molar-refractivity contribution in [2.45, 2.75) is 32.9 Å². The van der Waals surface area contributed by atoms with Crippen molar-refractivity contribution in [3.8, 4) is 0 Å². The zero-order chi connectivity index (χ0) is 16.4. The standard InChI is InChI=1S/C15H20N4O3S/c1-9-6-13(22-18-9)17-14(20)11(3)19-4-5-21-12(7-19)15-16-10(2)8-23-15/h6,8,11-12H,4-5,7H2,1-3H3,(H,17,20)/t11-,12+/m0/s1. The highest BCUT2D eigenvalue weighted by atomic mass is 32.1. The molecule has 23 heavy (non-hydrogen) atoms. The molecule has 0 unspecified atom stereocenters. The number of ether oxygens (including phenoxy) is 1. The number of anilines is 1. The molecule has 1 amide bonds. The van der Waals surface area contributed by atoms with Crippen LogP contribution in [0.2, 0.25) is 0 Å². The van der Waals surface area contributed by atoms with E-state index in [-0.39, 0.29) is 18.1 Å². The summed E-state index contributed by atoms with van der Waals surface area (Å²) in [7, 11) is 0. The van der Waals surface area contributed by atoms with Gasteiger partial charge >= 0.3 is 0 Å². The number of rotatable bonds is 4. The highest BCUT2D eigenvalue weighted by Crippen LogP contribution is 2.26. The van der Waals surface area contributed by atoms with Crippen LogP contribution < -0.4 is 5.32 Å². The maximum atomic E-state index is 12.4. The predicted octanol–water partition coefficient (Wildman–Crippen LogP) is 2.15. The monoisotopic (exact) mass is 336 g/mol. The average molecular weight is 336 g/mol. The van der Waals surface area contributed by atoms with Crippen molar-refractivity contribution in [3.05, 3.63) is 27.8 Å². The van der Waals surface area contributed by atoms with Gasteiger partial charge in [-0.1, -0.05) is 5.16 Å². The number of amides is 1. The van der Waals surface area contributed by atoms with E-state index >= 15 is 0 Å². The molecule has 0 aromatic carbocycles. The molecule has 0 saturated carbocycles. The maximum Gasteiger partial charge on any atom is 0.243 e. The number of carbonyl (C=O) groups is 1. The molecule has 0 bridgehead atoms. The molecule has 2 atom stereocenters. The van der Waals surface area contributed by atoms with Crippen molar-refractivity contribution in [3.63, 3.8) is 0 Å². The molecule has 0 spiro atoms. The van der Waals surface area contributed by atoms with Crippen LogP contribution in [0, 0.1) is 13.8 Å². The molecular formula is C15H20N4O3S. The van der Waals surface area contributed by atoms with E-state index in [1.807, 2.05) is 26.2 Å². The Balaban J connectivity index is 1.62. The second kappa shape index (κ2) is 6.77. The predicted molar refractivity (Wildman–Crippen MR) is 86.4 cm³/mol. The lowest BCUT2D eigenvalue weighted by atomic mass is 10.2. The van der Waals surface area contributed by atoms with Crippen molar-refractivity contribution in [2.75, 3.05) is 25.0 Å². The molecule has 7 nitrogen and oxygen atoms in total. The van der Waals surface area contributed by atoms with Gasteiger partial charge in [-0.3, -0.25) is 15.0 Å². The molecule has 2 aromatic heterocycles. The van der Waals surface area contributed by atoms with E-state index in [4.69, 9.17) is 9.26 Å². The molecule has 124 valence electrons. The third kappa shape index (κ3) is 3.77. The first-order valence-corrected chi connectivity index (χ1v) is 8.43. The zero-order valence-corrected chi connectivity index (χ0v) is 14.2. The highest BCUT2D eigenvalue weighted by Gasteiger charge is 2.30. The lowest BCUT2D eigenvalue weighted by molar-refractivity contribution is -0.124. The number of aromatic nitrogens is 2. The molecule has 2 aromatic rings. The van der Waals surface area contributed by atoms with Crippen LogP contribution in [0.5, 0.6) is 0 Å². The van der Waals surface area contributed by atoms with Crippen LogP contribution in [-0.2, 0) is 9.53 Å². The number of hydrogen-bond donors (Lipinski definition) is 1. The summed E-state index contributed by atoms with van der Waals surface area (Å²) in [5.74, 6) is 0.261. The number of hydrogen-bond acceptors (Lipinski definition) is 7. The summed E-state index contributed by atoms with van der Waals surface area (Å²) in [5, 5.41) is 9.50. The topological polar surface area (TPSA) is 80.5 Å². The molecular weight excluding hydrogens is 316 g/mol. The molecule has 3 rings (SSSR count). The molecule has 1 fully saturated rings. The Bertz CT molecular complexity index is 684. The Kier molecular flexibility index (Phi) is 4.74. The zero-order valence-electron chi connectivity index (χ0n) is 13.4. The van der Waals surface area contributed by atoms with Gasteiger partial charge in [-0.05, 0) is 20.8 Å². The number of nitrogens with zero attached hydrogens (tertiary/aromatic N) is 3. The third-order valence-corrected chi connectivity index (χ3v) is 4.87. The van der Waals surface area contributed by atoms with Gasteiger partial charge in [0, 0.05) is 30.2 Å². The second-order valence-corrected chi connectivity index (χ2v) is 6.57. The van der Waals surface area contributed by atoms with Crippen molar-refractivity contribution >= 4 is 23.1 Å². The van der Waals surface area contributed by atoms with Gasteiger partial charge in [-0.2, -0.15) is 0 Å². The molecule has 1 aliphatic rings. The fraction of sp³-hybridized carbons (Fsp3) is 0.533. The van der Waals surface area contributed by atoms with E-state index in [2.05, 4.69) is 20.4 Å². The van der Waals surface area contributed by atoms with E-state index in [9.17, 15) is 4.79 Å². The smallest absolute Gasteiger partial charge is 0.243 e. The van der Waals surface area contributed by atoms with Crippen molar-refractivity contribution in [1.29, 1.82) is 0 Å². The summed E-state index contributed by atoms with van der Waals surface area (Å²) in [4.78, 5) is 19.0. The summed E-state index contributed by atoms with van der Waals surface area (Å²) in [5.41, 5.74) is 1.73. The fourth-order valence-electron chi connectivity index (χ4n) is 2.50. The Morgan fingerprint density at radius 1 is 1.48 bits per heavy atom. The van der Waals surface area contributed by atoms with Crippen molar-refractivity contribution < 1.29 is 14.1 Å². The van der Waals surface area contributed by atoms with E-state index in [0.717, 1.165) is 16.4 Å². The van der Waals surface area contributed by atoms with Crippen LogP contribution in [0.4, 0.5) is 5.88 Å². The van der Waals surface area contributed by atoms with Crippen molar-refractivity contribution in [2.24, 2.45) is 0 Å². The maximum absolute atomic E-state index is 12.4. The normalized spacial score (nSPS) is 20.4. The van der Waals surface area contributed by atoms with Gasteiger partial charge in [0.1, 0.15) is 11.1 Å². The van der Waals surface area contributed by atoms with E-state index in [1.54, 1.807) is 17.4 Å². The van der Waals surface area contributed by atoms with Crippen LogP contribution in [0.15, 0.2) is 16.0 Å². The molecule has 8 heteroatoms. The molecule has 3 heterocycles. The van der Waals surface area contributed by atoms with Crippen LogP contribution in [0.25, 0.3) is 0 Å². The number of carbonyl (C=O) groups excluding carboxylic acids is 1. The van der Waals surface area contributed by atoms with Gasteiger partial charge in [0.25, 0.3) is 0 Å². The van der Waals surface area contributed by atoms with Crippen molar-refractivity contribution in [1.82, 2.24) is 15.0 Å². The van der Waals surface area contributed by atoms with Crippen LogP contribution in [0.3, 0.4) is 0 Å². The second-order valence-electron chi connectivity index (χ2n) is 5.68. The minimum atomic E-state index is -0.284. The summed E-state index contributed by atoms with van der Waals surface area (Å²) in [6.07, 6.45) is -0.0785. The van der Waals surface area contributed by atoms with Crippen LogP contribution in [0.1, 0.15) is 29.4 Å². The van der Waals surface area contributed by atoms with E-state index in [1.165, 1.54) is 0 Å². The average Bonchev–Trinajstić information content (AvgIpc) is 3.15. The van der Waals surface area contributed by atoms with Gasteiger partial charge in [-0.25, -0.2) is 4.98 Å². The first kappa shape index (κ1) is 16.1. The number of thiazole rings is 1. The fourth-order valence-corrected chi connectivity index (χ4v) is 3.34. The lowest BCUT2D eigenvalue weighted by Gasteiger charge is -2.35. The summed E-state index contributed by atoms with van der Waals surface area (Å²) in [6, 6.07) is 1.42. The molecule has 1 saturated heterocycles. The molecule has 1 aliphatic heterocycles. The highest BCUT2D eigenvalue weighted by molar-refractivity contribution is 7.09. The summed E-state index contributed by atoms with van der Waals surface area (Å²) in [6.45, 7) is 7.61. The van der Waals surface area contributed by atoms with Gasteiger partial charge in [0.2, 0.25) is 11.8 Å².